The molecule has 0 aliphatic heterocycles. The maximum atomic E-state index is 5.33. The molecule has 0 aliphatic carbocycles. The summed E-state index contributed by atoms with van der Waals surface area (Å²) in [5.41, 5.74) is 4.00. The van der Waals surface area contributed by atoms with Crippen molar-refractivity contribution in [2.45, 2.75) is 0 Å². The zero-order valence-electron chi connectivity index (χ0n) is 11.9. The zero-order valence-corrected chi connectivity index (χ0v) is 13.5. The maximum absolute atomic E-state index is 5.33. The van der Waals surface area contributed by atoms with E-state index in [0.717, 1.165) is 43.3 Å². The number of halogens is 1. The number of nitrogens with zero attached hydrogens (tertiary/aromatic N) is 1. The van der Waals surface area contributed by atoms with Gasteiger partial charge in [0.1, 0.15) is 5.75 Å². The van der Waals surface area contributed by atoms with E-state index in [0.29, 0.717) is 0 Å². The first-order valence-corrected chi connectivity index (χ1v) is 7.77. The summed E-state index contributed by atoms with van der Waals surface area (Å²) in [6, 6.07) is 16.2. The van der Waals surface area contributed by atoms with Crippen molar-refractivity contribution in [3.05, 3.63) is 59.2 Å². The number of methoxy groups -OCH3 is 1. The van der Waals surface area contributed by atoms with Crippen molar-refractivity contribution in [1.82, 2.24) is 9.97 Å². The number of nitrogens with one attached hydrogen (secondary N) is 1. The fourth-order valence-corrected chi connectivity index (χ4v) is 3.30. The topological polar surface area (TPSA) is 37.9 Å². The summed E-state index contributed by atoms with van der Waals surface area (Å²) in [5.74, 6) is 0.810. The van der Waals surface area contributed by atoms with Crippen LogP contribution in [0.1, 0.15) is 0 Å². The number of hydrogen-bond donors (Lipinski definition) is 1. The second-order valence-electron chi connectivity index (χ2n) is 5.10. The summed E-state index contributed by atoms with van der Waals surface area (Å²) >= 11 is 3.64. The van der Waals surface area contributed by atoms with Crippen molar-refractivity contribution >= 4 is 37.7 Å². The van der Waals surface area contributed by atoms with Crippen LogP contribution in [-0.2, 0) is 0 Å². The molecular weight excluding hydrogens is 340 g/mol. The van der Waals surface area contributed by atoms with Gasteiger partial charge in [0.25, 0.3) is 0 Å². The molecule has 0 atom stereocenters. The lowest BCUT2D eigenvalue weighted by atomic mass is 10.1. The quantitative estimate of drug-likeness (QED) is 0.541. The molecule has 0 aliphatic rings. The van der Waals surface area contributed by atoms with Crippen molar-refractivity contribution in [3.8, 4) is 17.0 Å². The van der Waals surface area contributed by atoms with E-state index in [4.69, 9.17) is 9.72 Å². The van der Waals surface area contributed by atoms with Crippen molar-refractivity contribution in [2.75, 3.05) is 7.11 Å². The zero-order chi connectivity index (χ0) is 15.1. The van der Waals surface area contributed by atoms with Gasteiger partial charge in [0, 0.05) is 33.1 Å². The lowest BCUT2D eigenvalue weighted by Gasteiger charge is -2.08. The molecule has 4 aromatic rings. The molecule has 0 amide bonds. The van der Waals surface area contributed by atoms with Gasteiger partial charge >= 0.3 is 0 Å². The second-order valence-corrected chi connectivity index (χ2v) is 5.95. The molecule has 0 bridgehead atoms. The molecule has 22 heavy (non-hydrogen) atoms. The van der Waals surface area contributed by atoms with Crippen LogP contribution in [0.3, 0.4) is 0 Å². The van der Waals surface area contributed by atoms with Crippen LogP contribution in [0, 0.1) is 0 Å². The number of ether oxygens (including phenoxy) is 1. The molecule has 2 aromatic carbocycles. The van der Waals surface area contributed by atoms with Gasteiger partial charge < -0.3 is 9.72 Å². The lowest BCUT2D eigenvalue weighted by molar-refractivity contribution is 0.415. The van der Waals surface area contributed by atoms with E-state index in [2.05, 4.69) is 39.1 Å². The predicted octanol–water partition coefficient (Wildman–Crippen LogP) is 5.15. The van der Waals surface area contributed by atoms with E-state index in [1.54, 1.807) is 7.11 Å². The molecule has 0 spiro atoms. The first-order valence-electron chi connectivity index (χ1n) is 6.97. The molecule has 0 unspecified atom stereocenters. The summed E-state index contributed by atoms with van der Waals surface area (Å²) in [4.78, 5) is 8.20. The summed E-state index contributed by atoms with van der Waals surface area (Å²) in [6.07, 6.45) is 1.96. The van der Waals surface area contributed by atoms with E-state index in [1.165, 1.54) is 0 Å². The van der Waals surface area contributed by atoms with Crippen LogP contribution >= 0.6 is 15.9 Å². The van der Waals surface area contributed by atoms with Crippen LogP contribution in [0.4, 0.5) is 0 Å². The molecule has 4 heteroatoms. The van der Waals surface area contributed by atoms with Crippen LogP contribution in [0.15, 0.2) is 59.2 Å². The minimum absolute atomic E-state index is 0.810. The Bertz CT molecular complexity index is 977. The number of hydrogen-bond acceptors (Lipinski definition) is 2. The van der Waals surface area contributed by atoms with Crippen LogP contribution in [-0.4, -0.2) is 17.1 Å². The van der Waals surface area contributed by atoms with Gasteiger partial charge in [0.2, 0.25) is 0 Å². The number of aromatic nitrogens is 2. The number of H-pyrrole nitrogens is 1. The van der Waals surface area contributed by atoms with Gasteiger partial charge in [-0.25, -0.2) is 4.98 Å². The highest BCUT2D eigenvalue weighted by Gasteiger charge is 2.14. The molecule has 3 nitrogen and oxygen atoms in total. The average molecular weight is 353 g/mol. The first kappa shape index (κ1) is 13.3. The Morgan fingerprint density at radius 3 is 2.68 bits per heavy atom. The standard InChI is InChI=1S/C18H13BrN2O/c1-22-12-7-8-13-15(9-12)21-17(11-5-3-2-4-6-11)18-16(13)14(19)10-20-18/h2-10,20H,1H3. The van der Waals surface area contributed by atoms with Crippen molar-refractivity contribution in [2.24, 2.45) is 0 Å². The molecule has 0 radical (unpaired) electrons. The Kier molecular flexibility index (Phi) is 3.12. The fourth-order valence-electron chi connectivity index (χ4n) is 2.77. The minimum atomic E-state index is 0.810. The van der Waals surface area contributed by atoms with E-state index >= 15 is 0 Å². The Labute approximate surface area is 136 Å². The molecule has 0 fully saturated rings. The monoisotopic (exact) mass is 352 g/mol. The van der Waals surface area contributed by atoms with Crippen molar-refractivity contribution in [3.63, 3.8) is 0 Å². The van der Waals surface area contributed by atoms with Crippen LogP contribution in [0.25, 0.3) is 33.1 Å². The number of aromatic amines is 1. The van der Waals surface area contributed by atoms with E-state index in [9.17, 15) is 0 Å². The molecule has 1 N–H and O–H groups in total. The van der Waals surface area contributed by atoms with E-state index in [1.807, 2.05) is 36.5 Å². The normalized spacial score (nSPS) is 11.2. The summed E-state index contributed by atoms with van der Waals surface area (Å²) in [7, 11) is 1.67. The SMILES string of the molecule is COc1ccc2c(c1)nc(-c1ccccc1)c1[nH]cc(Br)c12. The highest BCUT2D eigenvalue weighted by molar-refractivity contribution is 9.10. The Balaban J connectivity index is 2.15. The van der Waals surface area contributed by atoms with Crippen molar-refractivity contribution < 1.29 is 4.74 Å². The third kappa shape index (κ3) is 1.99. The van der Waals surface area contributed by atoms with Crippen molar-refractivity contribution in [1.29, 1.82) is 0 Å². The van der Waals surface area contributed by atoms with Crippen LogP contribution in [0.2, 0.25) is 0 Å². The maximum Gasteiger partial charge on any atom is 0.121 e. The first-order chi connectivity index (χ1) is 10.8. The number of benzene rings is 2. The van der Waals surface area contributed by atoms with Gasteiger partial charge in [-0.1, -0.05) is 30.3 Å². The fraction of sp³-hybridized carbons (Fsp3) is 0.0556. The third-order valence-electron chi connectivity index (χ3n) is 3.82. The second kappa shape index (κ2) is 5.14. The van der Waals surface area contributed by atoms with Gasteiger partial charge in [0.15, 0.2) is 0 Å². The average Bonchev–Trinajstić information content (AvgIpc) is 2.96. The molecule has 0 saturated heterocycles. The van der Waals surface area contributed by atoms with E-state index < -0.39 is 0 Å². The Hall–Kier alpha value is -2.33. The lowest BCUT2D eigenvalue weighted by Crippen LogP contribution is -1.90. The molecule has 108 valence electrons. The molecule has 4 rings (SSSR count). The third-order valence-corrected chi connectivity index (χ3v) is 4.45. The summed E-state index contributed by atoms with van der Waals surface area (Å²) < 4.78 is 6.37. The predicted molar refractivity (Wildman–Crippen MR) is 93.3 cm³/mol. The Morgan fingerprint density at radius 1 is 1.09 bits per heavy atom. The highest BCUT2D eigenvalue weighted by atomic mass is 79.9. The molecule has 2 aromatic heterocycles. The van der Waals surface area contributed by atoms with Gasteiger partial charge in [-0.3, -0.25) is 0 Å². The summed E-state index contributed by atoms with van der Waals surface area (Å²) in [5, 5.41) is 2.25. The number of rotatable bonds is 2. The minimum Gasteiger partial charge on any atom is -0.497 e. The van der Waals surface area contributed by atoms with Gasteiger partial charge in [-0.15, -0.1) is 0 Å². The largest absolute Gasteiger partial charge is 0.497 e. The number of fused-ring (bicyclic) bond motifs is 3. The van der Waals surface area contributed by atoms with Crippen LogP contribution < -0.4 is 4.74 Å². The van der Waals surface area contributed by atoms with Gasteiger partial charge in [-0.05, 0) is 28.1 Å². The molecule has 0 saturated carbocycles. The van der Waals surface area contributed by atoms with E-state index in [-0.39, 0.29) is 0 Å². The Morgan fingerprint density at radius 2 is 1.91 bits per heavy atom. The van der Waals surface area contributed by atoms with Gasteiger partial charge in [0.05, 0.1) is 23.8 Å². The molecule has 2 heterocycles. The highest BCUT2D eigenvalue weighted by Crippen LogP contribution is 2.37. The smallest absolute Gasteiger partial charge is 0.121 e. The molecular formula is C18H13BrN2O. The summed E-state index contributed by atoms with van der Waals surface area (Å²) in [6.45, 7) is 0. The van der Waals surface area contributed by atoms with Crippen LogP contribution in [0.5, 0.6) is 5.75 Å². The number of pyridine rings is 1. The van der Waals surface area contributed by atoms with Gasteiger partial charge in [-0.2, -0.15) is 0 Å².